The van der Waals surface area contributed by atoms with E-state index in [1.807, 2.05) is 12.1 Å². The Labute approximate surface area is 154 Å². The first-order chi connectivity index (χ1) is 12.5. The lowest BCUT2D eigenvalue weighted by molar-refractivity contribution is 0.0792. The molecule has 2 aromatic rings. The van der Waals surface area contributed by atoms with E-state index in [2.05, 4.69) is 16.9 Å². The van der Waals surface area contributed by atoms with Crippen LogP contribution in [0.15, 0.2) is 43.0 Å². The zero-order valence-corrected chi connectivity index (χ0v) is 15.7. The normalized spacial score (nSPS) is 10.4. The lowest BCUT2D eigenvalue weighted by Gasteiger charge is -2.19. The van der Waals surface area contributed by atoms with Crippen LogP contribution in [0.5, 0.6) is 0 Å². The highest BCUT2D eigenvalue weighted by molar-refractivity contribution is 5.99. The van der Waals surface area contributed by atoms with Crippen LogP contribution in [0.3, 0.4) is 0 Å². The average molecular weight is 354 g/mol. The van der Waals surface area contributed by atoms with Crippen LogP contribution in [0.4, 0.5) is 0 Å². The molecule has 0 aliphatic rings. The highest BCUT2D eigenvalue weighted by Crippen LogP contribution is 2.10. The highest BCUT2D eigenvalue weighted by Gasteiger charge is 2.17. The van der Waals surface area contributed by atoms with Gasteiger partial charge in [0, 0.05) is 52.0 Å². The number of hydrogen-bond acceptors (Lipinski definition) is 4. The molecule has 6 nitrogen and oxygen atoms in total. The Morgan fingerprint density at radius 1 is 0.923 bits per heavy atom. The summed E-state index contributed by atoms with van der Waals surface area (Å²) in [5, 5.41) is 0. The minimum Gasteiger partial charge on any atom is -0.342 e. The summed E-state index contributed by atoms with van der Waals surface area (Å²) in [5.74, 6) is -0.252. The van der Waals surface area contributed by atoms with Crippen LogP contribution in [0.1, 0.15) is 46.0 Å². The second kappa shape index (κ2) is 9.65. The lowest BCUT2D eigenvalue weighted by Crippen LogP contribution is -2.30. The number of nitrogens with zero attached hydrogens (tertiary/aromatic N) is 4. The van der Waals surface area contributed by atoms with Crippen molar-refractivity contribution in [1.29, 1.82) is 0 Å². The first-order valence-electron chi connectivity index (χ1n) is 8.87. The second-order valence-corrected chi connectivity index (χ2v) is 6.37. The standard InChI is InChI=1S/C20H26N4O2/c1-4-5-11-23(2)19(25)17-13-18(15-22-14-17)20(26)24(3)12-8-16-6-9-21-10-7-16/h6-7,9-10,13-15H,4-5,8,11-12H2,1-3H3. The molecule has 2 heterocycles. The van der Waals surface area contributed by atoms with Gasteiger partial charge in [-0.25, -0.2) is 0 Å². The quantitative estimate of drug-likeness (QED) is 0.731. The molecule has 2 amide bonds. The molecule has 0 fully saturated rings. The van der Waals surface area contributed by atoms with Crippen molar-refractivity contribution in [2.24, 2.45) is 0 Å². The predicted octanol–water partition coefficient (Wildman–Crippen LogP) is 2.66. The third kappa shape index (κ3) is 5.37. The van der Waals surface area contributed by atoms with Gasteiger partial charge in [-0.2, -0.15) is 0 Å². The molecule has 0 spiro atoms. The molecular weight excluding hydrogens is 328 g/mol. The van der Waals surface area contributed by atoms with Crippen molar-refractivity contribution in [2.75, 3.05) is 27.2 Å². The molecule has 138 valence electrons. The van der Waals surface area contributed by atoms with Gasteiger partial charge in [-0.3, -0.25) is 19.6 Å². The number of aromatic nitrogens is 2. The van der Waals surface area contributed by atoms with E-state index in [0.717, 1.165) is 24.8 Å². The maximum absolute atomic E-state index is 12.6. The molecule has 0 saturated carbocycles. The molecule has 0 radical (unpaired) electrons. The Kier molecular flexibility index (Phi) is 7.26. The molecule has 0 aliphatic carbocycles. The number of amides is 2. The Morgan fingerprint density at radius 3 is 2.08 bits per heavy atom. The van der Waals surface area contributed by atoms with Gasteiger partial charge in [0.15, 0.2) is 0 Å². The minimum atomic E-state index is -0.141. The summed E-state index contributed by atoms with van der Waals surface area (Å²) >= 11 is 0. The second-order valence-electron chi connectivity index (χ2n) is 6.37. The number of carbonyl (C=O) groups excluding carboxylic acids is 2. The summed E-state index contributed by atoms with van der Waals surface area (Å²) in [6.45, 7) is 3.36. The van der Waals surface area contributed by atoms with Crippen LogP contribution in [0.25, 0.3) is 0 Å². The topological polar surface area (TPSA) is 66.4 Å². The van der Waals surface area contributed by atoms with Crippen molar-refractivity contribution >= 4 is 11.8 Å². The van der Waals surface area contributed by atoms with Crippen LogP contribution in [-0.4, -0.2) is 58.8 Å². The van der Waals surface area contributed by atoms with Crippen molar-refractivity contribution in [3.8, 4) is 0 Å². The molecule has 0 aliphatic heterocycles. The SMILES string of the molecule is CCCCN(C)C(=O)c1cncc(C(=O)N(C)CCc2ccncc2)c1. The molecule has 0 bridgehead atoms. The largest absolute Gasteiger partial charge is 0.342 e. The summed E-state index contributed by atoms with van der Waals surface area (Å²) in [5.41, 5.74) is 1.99. The molecular formula is C20H26N4O2. The molecule has 0 atom stereocenters. The van der Waals surface area contributed by atoms with E-state index < -0.39 is 0 Å². The molecule has 0 saturated heterocycles. The number of rotatable bonds is 8. The monoisotopic (exact) mass is 354 g/mol. The third-order valence-corrected chi connectivity index (χ3v) is 4.26. The highest BCUT2D eigenvalue weighted by atomic mass is 16.2. The van der Waals surface area contributed by atoms with E-state index in [1.165, 1.54) is 12.4 Å². The van der Waals surface area contributed by atoms with Crippen molar-refractivity contribution in [3.63, 3.8) is 0 Å². The average Bonchev–Trinajstić information content (AvgIpc) is 2.69. The summed E-state index contributed by atoms with van der Waals surface area (Å²) in [6, 6.07) is 5.50. The predicted molar refractivity (Wildman–Crippen MR) is 101 cm³/mol. The van der Waals surface area contributed by atoms with E-state index in [4.69, 9.17) is 0 Å². The molecule has 2 aromatic heterocycles. The van der Waals surface area contributed by atoms with Gasteiger partial charge < -0.3 is 9.80 Å². The van der Waals surface area contributed by atoms with Gasteiger partial charge in [0.05, 0.1) is 11.1 Å². The molecule has 6 heteroatoms. The van der Waals surface area contributed by atoms with Gasteiger partial charge in [-0.1, -0.05) is 13.3 Å². The van der Waals surface area contributed by atoms with E-state index in [0.29, 0.717) is 24.2 Å². The van der Waals surface area contributed by atoms with E-state index in [1.54, 1.807) is 42.4 Å². The van der Waals surface area contributed by atoms with Crippen LogP contribution >= 0.6 is 0 Å². The van der Waals surface area contributed by atoms with Crippen molar-refractivity contribution in [2.45, 2.75) is 26.2 Å². The number of unbranched alkanes of at least 4 members (excludes halogenated alkanes) is 1. The number of carbonyl (C=O) groups is 2. The fourth-order valence-electron chi connectivity index (χ4n) is 2.56. The van der Waals surface area contributed by atoms with Crippen LogP contribution in [-0.2, 0) is 6.42 Å². The molecule has 0 aromatic carbocycles. The van der Waals surface area contributed by atoms with Crippen molar-refractivity contribution < 1.29 is 9.59 Å². The molecule has 0 N–H and O–H groups in total. The third-order valence-electron chi connectivity index (χ3n) is 4.26. The summed E-state index contributed by atoms with van der Waals surface area (Å²) in [7, 11) is 3.53. The maximum Gasteiger partial charge on any atom is 0.255 e. The Balaban J connectivity index is 2.01. The zero-order chi connectivity index (χ0) is 18.9. The Hall–Kier alpha value is -2.76. The molecule has 26 heavy (non-hydrogen) atoms. The maximum atomic E-state index is 12.6. The van der Waals surface area contributed by atoms with Gasteiger partial charge >= 0.3 is 0 Å². The van der Waals surface area contributed by atoms with Gasteiger partial charge in [-0.05, 0) is 36.6 Å². The molecule has 2 rings (SSSR count). The summed E-state index contributed by atoms with van der Waals surface area (Å²) in [4.78, 5) is 36.5. The first kappa shape index (κ1) is 19.6. The van der Waals surface area contributed by atoms with Crippen molar-refractivity contribution in [1.82, 2.24) is 19.8 Å². The Morgan fingerprint density at radius 2 is 1.50 bits per heavy atom. The van der Waals surface area contributed by atoms with Crippen molar-refractivity contribution in [3.05, 3.63) is 59.7 Å². The smallest absolute Gasteiger partial charge is 0.255 e. The summed E-state index contributed by atoms with van der Waals surface area (Å²) in [6.07, 6.45) is 9.22. The minimum absolute atomic E-state index is 0.111. The van der Waals surface area contributed by atoms with Crippen LogP contribution < -0.4 is 0 Å². The van der Waals surface area contributed by atoms with Gasteiger partial charge in [0.2, 0.25) is 0 Å². The first-order valence-corrected chi connectivity index (χ1v) is 8.87. The van der Waals surface area contributed by atoms with E-state index in [-0.39, 0.29) is 11.8 Å². The van der Waals surface area contributed by atoms with E-state index >= 15 is 0 Å². The fraction of sp³-hybridized carbons (Fsp3) is 0.400. The number of hydrogen-bond donors (Lipinski definition) is 0. The van der Waals surface area contributed by atoms with E-state index in [9.17, 15) is 9.59 Å². The Bertz CT molecular complexity index is 734. The van der Waals surface area contributed by atoms with Gasteiger partial charge in [0.25, 0.3) is 11.8 Å². The molecule has 0 unspecified atom stereocenters. The fourth-order valence-corrected chi connectivity index (χ4v) is 2.56. The summed E-state index contributed by atoms with van der Waals surface area (Å²) < 4.78 is 0. The zero-order valence-electron chi connectivity index (χ0n) is 15.7. The number of likely N-dealkylation sites (N-methyl/N-ethyl adjacent to an activating group) is 1. The lowest BCUT2D eigenvalue weighted by atomic mass is 10.1. The van der Waals surface area contributed by atoms with Crippen LogP contribution in [0, 0.1) is 0 Å². The van der Waals surface area contributed by atoms with Crippen LogP contribution in [0.2, 0.25) is 0 Å². The van der Waals surface area contributed by atoms with Gasteiger partial charge in [-0.15, -0.1) is 0 Å². The number of pyridine rings is 2. The van der Waals surface area contributed by atoms with Gasteiger partial charge in [0.1, 0.15) is 0 Å².